The van der Waals surface area contributed by atoms with Crippen LogP contribution in [0.4, 0.5) is 0 Å². The number of aryl methyl sites for hydroxylation is 1. The average molecular weight is 252 g/mol. The zero-order valence-electron chi connectivity index (χ0n) is 8.73. The Morgan fingerprint density at radius 3 is 2.94 bits per heavy atom. The molecule has 0 atom stereocenters. The summed E-state index contributed by atoms with van der Waals surface area (Å²) in [6.07, 6.45) is 1.44. The maximum absolute atomic E-state index is 8.64. The van der Waals surface area contributed by atoms with Crippen LogP contribution in [0.1, 0.15) is 11.5 Å². The van der Waals surface area contributed by atoms with Gasteiger partial charge in [-0.15, -0.1) is 15.3 Å². The molecule has 0 bridgehead atoms. The summed E-state index contributed by atoms with van der Waals surface area (Å²) in [5, 5.41) is 27.3. The molecule has 17 heavy (non-hydrogen) atoms. The van der Waals surface area contributed by atoms with Gasteiger partial charge in [0, 0.05) is 6.92 Å². The summed E-state index contributed by atoms with van der Waals surface area (Å²) < 4.78 is 5.19. The van der Waals surface area contributed by atoms with Crippen LogP contribution in [0.25, 0.3) is 0 Å². The van der Waals surface area contributed by atoms with E-state index in [9.17, 15) is 0 Å². The molecule has 3 N–H and O–H groups in total. The normalized spacial score (nSPS) is 11.7. The van der Waals surface area contributed by atoms with Gasteiger partial charge in [0.1, 0.15) is 5.03 Å². The van der Waals surface area contributed by atoms with Crippen molar-refractivity contribution in [3.8, 4) is 0 Å². The SMILES string of the molecule is Cc1nnc(Sc2nnccc2/C(N)=N/O)o1. The van der Waals surface area contributed by atoms with Crippen LogP contribution in [0.3, 0.4) is 0 Å². The predicted octanol–water partition coefficient (Wildman–Crippen LogP) is 0.414. The molecule has 0 saturated carbocycles. The monoisotopic (exact) mass is 252 g/mol. The minimum atomic E-state index is -0.0568. The Morgan fingerprint density at radius 1 is 1.47 bits per heavy atom. The van der Waals surface area contributed by atoms with E-state index >= 15 is 0 Å². The summed E-state index contributed by atoms with van der Waals surface area (Å²) in [5.74, 6) is 0.389. The summed E-state index contributed by atoms with van der Waals surface area (Å²) >= 11 is 1.09. The molecule has 0 radical (unpaired) electrons. The van der Waals surface area contributed by atoms with Gasteiger partial charge in [-0.3, -0.25) is 0 Å². The summed E-state index contributed by atoms with van der Waals surface area (Å²) in [7, 11) is 0. The van der Waals surface area contributed by atoms with E-state index in [1.54, 1.807) is 13.0 Å². The van der Waals surface area contributed by atoms with Gasteiger partial charge in [0.15, 0.2) is 5.84 Å². The van der Waals surface area contributed by atoms with Crippen LogP contribution in [-0.2, 0) is 0 Å². The molecule has 9 heteroatoms. The standard InChI is InChI=1S/C8H8N6O2S/c1-4-11-13-8(16-4)17-7-5(6(9)14-15)2-3-10-12-7/h2-3,15H,1H3,(H2,9,14). The summed E-state index contributed by atoms with van der Waals surface area (Å²) in [4.78, 5) is 0. The number of rotatable bonds is 3. The molecule has 0 unspecified atom stereocenters. The predicted molar refractivity (Wildman–Crippen MR) is 57.7 cm³/mol. The largest absolute Gasteiger partial charge is 0.416 e. The zero-order chi connectivity index (χ0) is 12.3. The molecule has 0 fully saturated rings. The van der Waals surface area contributed by atoms with Crippen molar-refractivity contribution in [2.45, 2.75) is 17.2 Å². The quantitative estimate of drug-likeness (QED) is 0.348. The van der Waals surface area contributed by atoms with Crippen LogP contribution in [0.15, 0.2) is 32.1 Å². The van der Waals surface area contributed by atoms with Gasteiger partial charge in [-0.05, 0) is 17.8 Å². The molecule has 0 saturated heterocycles. The molecule has 2 aromatic heterocycles. The van der Waals surface area contributed by atoms with E-state index in [1.165, 1.54) is 6.20 Å². The van der Waals surface area contributed by atoms with Crippen LogP contribution in [-0.4, -0.2) is 31.4 Å². The average Bonchev–Trinajstić information content (AvgIpc) is 2.74. The highest BCUT2D eigenvalue weighted by atomic mass is 32.2. The lowest BCUT2D eigenvalue weighted by Gasteiger charge is -2.02. The van der Waals surface area contributed by atoms with Crippen molar-refractivity contribution in [2.24, 2.45) is 10.9 Å². The van der Waals surface area contributed by atoms with Crippen LogP contribution < -0.4 is 5.73 Å². The van der Waals surface area contributed by atoms with Gasteiger partial charge in [-0.2, -0.15) is 5.10 Å². The Labute approximate surface area is 99.9 Å². The summed E-state index contributed by atoms with van der Waals surface area (Å²) in [6.45, 7) is 1.68. The first-order valence-electron chi connectivity index (χ1n) is 4.48. The van der Waals surface area contributed by atoms with Crippen molar-refractivity contribution in [3.63, 3.8) is 0 Å². The smallest absolute Gasteiger partial charge is 0.283 e. The molecule has 2 aromatic rings. The van der Waals surface area contributed by atoms with Crippen LogP contribution in [0.2, 0.25) is 0 Å². The molecular weight excluding hydrogens is 244 g/mol. The zero-order valence-corrected chi connectivity index (χ0v) is 9.55. The second kappa shape index (κ2) is 4.78. The number of nitrogens with zero attached hydrogens (tertiary/aromatic N) is 5. The Kier molecular flexibility index (Phi) is 3.19. The molecule has 0 aromatic carbocycles. The van der Waals surface area contributed by atoms with Gasteiger partial charge >= 0.3 is 0 Å². The lowest BCUT2D eigenvalue weighted by Crippen LogP contribution is -2.15. The first-order valence-corrected chi connectivity index (χ1v) is 5.30. The third-order valence-corrected chi connectivity index (χ3v) is 2.60. The summed E-state index contributed by atoms with van der Waals surface area (Å²) in [6, 6.07) is 1.58. The second-order valence-corrected chi connectivity index (χ2v) is 3.86. The van der Waals surface area contributed by atoms with Crippen molar-refractivity contribution in [1.29, 1.82) is 0 Å². The Balaban J connectivity index is 2.32. The fraction of sp³-hybridized carbons (Fsp3) is 0.125. The number of oxime groups is 1. The molecule has 0 aliphatic rings. The molecule has 0 spiro atoms. The van der Waals surface area contributed by atoms with Gasteiger partial charge in [0.05, 0.1) is 11.8 Å². The Bertz CT molecular complexity index is 554. The first kappa shape index (κ1) is 11.3. The number of hydrogen-bond acceptors (Lipinski definition) is 8. The Morgan fingerprint density at radius 2 is 2.29 bits per heavy atom. The maximum Gasteiger partial charge on any atom is 0.283 e. The molecule has 2 rings (SSSR count). The van der Waals surface area contributed by atoms with E-state index in [0.717, 1.165) is 11.8 Å². The van der Waals surface area contributed by atoms with Crippen LogP contribution >= 0.6 is 11.8 Å². The van der Waals surface area contributed by atoms with E-state index in [1.807, 2.05) is 0 Å². The van der Waals surface area contributed by atoms with Crippen LogP contribution in [0, 0.1) is 6.92 Å². The van der Waals surface area contributed by atoms with Gasteiger partial charge in [0.25, 0.3) is 5.22 Å². The molecule has 0 aliphatic carbocycles. The number of nitrogens with two attached hydrogens (primary N) is 1. The third kappa shape index (κ3) is 2.50. The van der Waals surface area contributed by atoms with Crippen molar-refractivity contribution in [1.82, 2.24) is 20.4 Å². The number of amidine groups is 1. The highest BCUT2D eigenvalue weighted by Gasteiger charge is 2.13. The highest BCUT2D eigenvalue weighted by molar-refractivity contribution is 7.99. The van der Waals surface area contributed by atoms with Crippen molar-refractivity contribution < 1.29 is 9.62 Å². The summed E-state index contributed by atoms with van der Waals surface area (Å²) in [5.41, 5.74) is 5.95. The van der Waals surface area contributed by atoms with Gasteiger partial charge in [-0.1, -0.05) is 5.16 Å². The first-order chi connectivity index (χ1) is 8.20. The van der Waals surface area contributed by atoms with Crippen molar-refractivity contribution in [2.75, 3.05) is 0 Å². The van der Waals surface area contributed by atoms with Crippen molar-refractivity contribution >= 4 is 17.6 Å². The van der Waals surface area contributed by atoms with Crippen LogP contribution in [0.5, 0.6) is 0 Å². The Hall–Kier alpha value is -2.16. The lowest BCUT2D eigenvalue weighted by molar-refractivity contribution is 0.318. The molecule has 0 amide bonds. The van der Waals surface area contributed by atoms with E-state index in [4.69, 9.17) is 15.4 Å². The topological polar surface area (TPSA) is 123 Å². The van der Waals surface area contributed by atoms with E-state index in [-0.39, 0.29) is 5.84 Å². The maximum atomic E-state index is 8.64. The molecule has 88 valence electrons. The van der Waals surface area contributed by atoms with Gasteiger partial charge in [0.2, 0.25) is 5.89 Å². The number of hydrogen-bond donors (Lipinski definition) is 2. The second-order valence-electron chi connectivity index (χ2n) is 2.92. The fourth-order valence-corrected chi connectivity index (χ4v) is 1.83. The molecule has 8 nitrogen and oxygen atoms in total. The van der Waals surface area contributed by atoms with Gasteiger partial charge in [-0.25, -0.2) is 0 Å². The van der Waals surface area contributed by atoms with E-state index in [0.29, 0.717) is 21.7 Å². The lowest BCUT2D eigenvalue weighted by atomic mass is 10.3. The van der Waals surface area contributed by atoms with E-state index < -0.39 is 0 Å². The van der Waals surface area contributed by atoms with E-state index in [2.05, 4.69) is 25.6 Å². The molecular formula is C8H8N6O2S. The fourth-order valence-electron chi connectivity index (χ4n) is 1.05. The van der Waals surface area contributed by atoms with Gasteiger partial charge < -0.3 is 15.4 Å². The molecule has 2 heterocycles. The minimum absolute atomic E-state index is 0.0568. The third-order valence-electron chi connectivity index (χ3n) is 1.76. The minimum Gasteiger partial charge on any atom is -0.416 e. The molecule has 0 aliphatic heterocycles. The highest BCUT2D eigenvalue weighted by Crippen LogP contribution is 2.26. The number of aromatic nitrogens is 4. The van der Waals surface area contributed by atoms with Crippen molar-refractivity contribution in [3.05, 3.63) is 23.7 Å².